The highest BCUT2D eigenvalue weighted by Crippen LogP contribution is 2.32. The van der Waals surface area contributed by atoms with Gasteiger partial charge >= 0.3 is 5.69 Å². The topological polar surface area (TPSA) is 86.2 Å². The van der Waals surface area contributed by atoms with Crippen LogP contribution in [0.5, 0.6) is 0 Å². The van der Waals surface area contributed by atoms with Gasteiger partial charge in [-0.15, -0.1) is 0 Å². The molecule has 2 aromatic carbocycles. The van der Waals surface area contributed by atoms with E-state index in [-0.39, 0.29) is 17.5 Å². The third kappa shape index (κ3) is 3.77. The van der Waals surface area contributed by atoms with Gasteiger partial charge in [0.15, 0.2) is 0 Å². The minimum Gasteiger partial charge on any atom is -0.310 e. The second-order valence-corrected chi connectivity index (χ2v) is 12.2. The van der Waals surface area contributed by atoms with E-state index in [0.29, 0.717) is 41.3 Å². The number of hydrogen-bond acceptors (Lipinski definition) is 5. The Hall–Kier alpha value is -3.50. The van der Waals surface area contributed by atoms with Gasteiger partial charge in [-0.2, -0.15) is 5.10 Å². The van der Waals surface area contributed by atoms with Crippen molar-refractivity contribution in [3.8, 4) is 17.2 Å². The van der Waals surface area contributed by atoms with Crippen LogP contribution in [-0.2, 0) is 22.6 Å². The predicted molar refractivity (Wildman–Crippen MR) is 141 cm³/mol. The van der Waals surface area contributed by atoms with E-state index < -0.39 is 9.73 Å². The van der Waals surface area contributed by atoms with Crippen molar-refractivity contribution < 1.29 is 8.60 Å². The molecule has 8 nitrogen and oxygen atoms in total. The largest absolute Gasteiger partial charge is 0.338 e. The van der Waals surface area contributed by atoms with Crippen LogP contribution in [0.3, 0.4) is 0 Å². The second-order valence-electron chi connectivity index (χ2n) is 9.93. The highest BCUT2D eigenvalue weighted by molar-refractivity contribution is 7.93. The molecule has 37 heavy (non-hydrogen) atoms. The van der Waals surface area contributed by atoms with Gasteiger partial charge in [-0.05, 0) is 74.2 Å². The van der Waals surface area contributed by atoms with E-state index in [1.165, 1.54) is 0 Å². The summed E-state index contributed by atoms with van der Waals surface area (Å²) in [6, 6.07) is 9.10. The molecule has 0 radical (unpaired) electrons. The summed E-state index contributed by atoms with van der Waals surface area (Å²) in [7, 11) is -2.41. The molecule has 192 valence electrons. The Morgan fingerprint density at radius 1 is 1.05 bits per heavy atom. The lowest BCUT2D eigenvalue weighted by Crippen LogP contribution is -2.30. The minimum atomic E-state index is -2.41. The molecule has 0 spiro atoms. The van der Waals surface area contributed by atoms with Crippen molar-refractivity contribution >= 4 is 9.73 Å². The summed E-state index contributed by atoms with van der Waals surface area (Å²) in [6.45, 7) is 6.84. The lowest BCUT2D eigenvalue weighted by atomic mass is 10.0. The molecule has 2 aromatic heterocycles. The van der Waals surface area contributed by atoms with Crippen LogP contribution in [0, 0.1) is 19.7 Å². The van der Waals surface area contributed by atoms with Crippen molar-refractivity contribution in [3.63, 3.8) is 0 Å². The Kier molecular flexibility index (Phi) is 5.50. The fourth-order valence-corrected chi connectivity index (χ4v) is 7.03. The van der Waals surface area contributed by atoms with Gasteiger partial charge in [0.2, 0.25) is 0 Å². The zero-order valence-electron chi connectivity index (χ0n) is 21.3. The molecule has 0 saturated heterocycles. The average Bonchev–Trinajstić information content (AvgIpc) is 3.43. The van der Waals surface area contributed by atoms with Crippen LogP contribution in [0.15, 0.2) is 56.8 Å². The van der Waals surface area contributed by atoms with Crippen LogP contribution in [0.4, 0.5) is 4.39 Å². The molecule has 1 N–H and O–H groups in total. The zero-order chi connectivity index (χ0) is 26.1. The van der Waals surface area contributed by atoms with E-state index in [1.54, 1.807) is 58.4 Å². The number of imidazole rings is 1. The number of nitrogens with one attached hydrogen (secondary N) is 1. The molecule has 0 aliphatic carbocycles. The van der Waals surface area contributed by atoms with E-state index in [4.69, 9.17) is 5.10 Å². The molecule has 4 heterocycles. The third-order valence-electron chi connectivity index (χ3n) is 7.34. The summed E-state index contributed by atoms with van der Waals surface area (Å²) in [5.41, 5.74) is 5.08. The first-order valence-electron chi connectivity index (χ1n) is 12.4. The fourth-order valence-electron chi connectivity index (χ4n) is 5.48. The number of aromatic nitrogens is 4. The summed E-state index contributed by atoms with van der Waals surface area (Å²) >= 11 is 0. The van der Waals surface area contributed by atoms with Gasteiger partial charge in [0.25, 0.3) is 0 Å². The highest BCUT2D eigenvalue weighted by atomic mass is 32.2. The van der Waals surface area contributed by atoms with Crippen molar-refractivity contribution in [3.05, 3.63) is 87.0 Å². The van der Waals surface area contributed by atoms with Crippen LogP contribution in [0.25, 0.3) is 17.2 Å². The molecular formula is C27H29FN6O2S. The molecular weight excluding hydrogens is 491 g/mol. The van der Waals surface area contributed by atoms with Crippen molar-refractivity contribution in [2.45, 2.75) is 44.6 Å². The second kappa shape index (κ2) is 8.53. The van der Waals surface area contributed by atoms with E-state index in [1.807, 2.05) is 18.2 Å². The van der Waals surface area contributed by atoms with Crippen molar-refractivity contribution in [2.24, 2.45) is 4.36 Å². The van der Waals surface area contributed by atoms with E-state index in [2.05, 4.69) is 16.6 Å². The van der Waals surface area contributed by atoms with E-state index in [0.717, 1.165) is 34.7 Å². The maximum absolute atomic E-state index is 14.4. The van der Waals surface area contributed by atoms with Crippen molar-refractivity contribution in [2.75, 3.05) is 19.3 Å². The van der Waals surface area contributed by atoms with Crippen LogP contribution < -0.4 is 11.0 Å². The number of nitrogens with zero attached hydrogens (tertiary/aromatic N) is 5. The number of aryl methyl sites for hydroxylation is 2. The number of halogens is 1. The molecule has 1 unspecified atom stereocenters. The molecule has 6 rings (SSSR count). The molecule has 0 bridgehead atoms. The first-order valence-corrected chi connectivity index (χ1v) is 14.3. The minimum absolute atomic E-state index is 0.00408. The van der Waals surface area contributed by atoms with Gasteiger partial charge in [-0.1, -0.05) is 0 Å². The number of hydrogen-bond donors (Lipinski definition) is 1. The van der Waals surface area contributed by atoms with Crippen LogP contribution in [0.1, 0.15) is 40.9 Å². The highest BCUT2D eigenvalue weighted by Gasteiger charge is 2.29. The van der Waals surface area contributed by atoms with Gasteiger partial charge in [-0.3, -0.25) is 9.13 Å². The summed E-state index contributed by atoms with van der Waals surface area (Å²) in [4.78, 5) is 14.6. The number of rotatable bonds is 3. The normalized spacial score (nSPS) is 20.8. The maximum atomic E-state index is 14.4. The molecule has 2 aliphatic heterocycles. The molecule has 0 amide bonds. The maximum Gasteiger partial charge on any atom is 0.338 e. The van der Waals surface area contributed by atoms with Gasteiger partial charge < -0.3 is 5.32 Å². The lowest BCUT2D eigenvalue weighted by molar-refractivity contribution is 0.536. The monoisotopic (exact) mass is 520 g/mol. The molecule has 10 heteroatoms. The van der Waals surface area contributed by atoms with Gasteiger partial charge in [0, 0.05) is 43.2 Å². The molecule has 2 atom stereocenters. The van der Waals surface area contributed by atoms with Gasteiger partial charge in [0.05, 0.1) is 38.2 Å². The first kappa shape index (κ1) is 23.9. The summed E-state index contributed by atoms with van der Waals surface area (Å²) in [6.07, 6.45) is 6.58. The van der Waals surface area contributed by atoms with Crippen molar-refractivity contribution in [1.82, 2.24) is 24.2 Å². The Labute approximate surface area is 214 Å². The standard InChI is InChI=1S/C27H29FN6O2S/c1-16-13-21(14-17(2)25(16)28)34-26(24-18(3)29-9-8-22(24)31-34)33-12-11-32(27(33)35)20-5-6-23-19(15-20)7-10-30-37(23,4)36/h5-6,11-15,18,29H,7-10H2,1-4H3/t18-,37?/m0/s1. The molecule has 4 aromatic rings. The Balaban J connectivity index is 1.54. The summed E-state index contributed by atoms with van der Waals surface area (Å²) in [5, 5.41) is 8.37. The zero-order valence-corrected chi connectivity index (χ0v) is 22.1. The van der Waals surface area contributed by atoms with Crippen LogP contribution in [0.2, 0.25) is 0 Å². The summed E-state index contributed by atoms with van der Waals surface area (Å²) < 4.78 is 36.5. The number of benzene rings is 2. The van der Waals surface area contributed by atoms with Gasteiger partial charge in [-0.25, -0.2) is 22.4 Å². The van der Waals surface area contributed by atoms with Crippen molar-refractivity contribution in [1.29, 1.82) is 0 Å². The molecule has 0 fully saturated rings. The van der Waals surface area contributed by atoms with Crippen LogP contribution >= 0.6 is 0 Å². The number of fused-ring (bicyclic) bond motifs is 2. The average molecular weight is 521 g/mol. The fraction of sp³-hybridized carbons (Fsp3) is 0.333. The Morgan fingerprint density at radius 2 is 1.78 bits per heavy atom. The first-order chi connectivity index (χ1) is 17.7. The SMILES string of the molecule is Cc1cc(-n2nc3c(c2-n2ccn(-c4ccc5c(c4)CCN=S5(C)=O)c2=O)[C@H](C)NCC3)cc(C)c1F. The van der Waals surface area contributed by atoms with E-state index >= 15 is 0 Å². The smallest absolute Gasteiger partial charge is 0.310 e. The Morgan fingerprint density at radius 3 is 2.54 bits per heavy atom. The summed E-state index contributed by atoms with van der Waals surface area (Å²) in [5.74, 6) is 0.411. The quantitative estimate of drug-likeness (QED) is 0.445. The van der Waals surface area contributed by atoms with E-state index in [9.17, 15) is 13.4 Å². The Bertz CT molecular complexity index is 1730. The molecule has 0 saturated carbocycles. The molecule has 2 aliphatic rings. The van der Waals surface area contributed by atoms with Gasteiger partial charge in [0.1, 0.15) is 11.6 Å². The third-order valence-corrected chi connectivity index (χ3v) is 9.23. The predicted octanol–water partition coefficient (Wildman–Crippen LogP) is 3.79. The van der Waals surface area contributed by atoms with Crippen LogP contribution in [-0.4, -0.2) is 42.5 Å². The lowest BCUT2D eigenvalue weighted by Gasteiger charge is -2.21.